The Morgan fingerprint density at radius 1 is 1.15 bits per heavy atom. The van der Waals surface area contributed by atoms with Crippen molar-refractivity contribution in [2.45, 2.75) is 26.3 Å². The number of unbranched alkanes of at least 4 members (excludes halogenated alkanes) is 1. The van der Waals surface area contributed by atoms with Crippen molar-refractivity contribution >= 4 is 23.4 Å². The van der Waals surface area contributed by atoms with Crippen molar-refractivity contribution in [3.05, 3.63) is 34.9 Å². The molecular weight excluding hydrogens is 364 g/mol. The number of hydrogen-bond acceptors (Lipinski definition) is 4. The maximum atomic E-state index is 12.5. The molecule has 1 fully saturated rings. The molecule has 6 nitrogen and oxygen atoms in total. The molecule has 0 spiro atoms. The van der Waals surface area contributed by atoms with Gasteiger partial charge in [0.2, 0.25) is 11.8 Å². The first-order valence-corrected chi connectivity index (χ1v) is 10.1. The standard InChI is InChI=1S/C20H31ClN4O2/c1-3-4-9-22-19(26)15-24-10-12-25(13-11-24)20(27)16-23(2)14-17-5-7-18(21)8-6-17/h5-8H,3-4,9-16H2,1-2H3,(H,22,26). The van der Waals surface area contributed by atoms with Gasteiger partial charge in [0.1, 0.15) is 0 Å². The first kappa shape index (κ1) is 21.7. The molecule has 2 amide bonds. The molecule has 0 aromatic heterocycles. The average Bonchev–Trinajstić information content (AvgIpc) is 2.64. The Morgan fingerprint density at radius 2 is 1.81 bits per heavy atom. The lowest BCUT2D eigenvalue weighted by Crippen LogP contribution is -2.52. The van der Waals surface area contributed by atoms with Crippen LogP contribution in [0.3, 0.4) is 0 Å². The van der Waals surface area contributed by atoms with Crippen LogP contribution in [0.1, 0.15) is 25.3 Å². The Balaban J connectivity index is 1.68. The second-order valence-electron chi connectivity index (χ2n) is 7.16. The van der Waals surface area contributed by atoms with Gasteiger partial charge in [-0.2, -0.15) is 0 Å². The fourth-order valence-electron chi connectivity index (χ4n) is 3.11. The molecule has 0 unspecified atom stereocenters. The Hall–Kier alpha value is -1.63. The Bertz CT molecular complexity index is 601. The molecule has 0 atom stereocenters. The largest absolute Gasteiger partial charge is 0.355 e. The van der Waals surface area contributed by atoms with Crippen LogP contribution >= 0.6 is 11.6 Å². The van der Waals surface area contributed by atoms with Gasteiger partial charge >= 0.3 is 0 Å². The number of likely N-dealkylation sites (N-methyl/N-ethyl adjacent to an activating group) is 1. The monoisotopic (exact) mass is 394 g/mol. The van der Waals surface area contributed by atoms with E-state index in [1.54, 1.807) is 0 Å². The molecule has 1 heterocycles. The minimum atomic E-state index is 0.0749. The lowest BCUT2D eigenvalue weighted by Gasteiger charge is -2.35. The second-order valence-corrected chi connectivity index (χ2v) is 7.60. The summed E-state index contributed by atoms with van der Waals surface area (Å²) in [4.78, 5) is 30.4. The molecular formula is C20H31ClN4O2. The van der Waals surface area contributed by atoms with Crippen LogP contribution in [0.5, 0.6) is 0 Å². The number of piperazine rings is 1. The predicted octanol–water partition coefficient (Wildman–Crippen LogP) is 1.83. The van der Waals surface area contributed by atoms with Crippen molar-refractivity contribution in [1.29, 1.82) is 0 Å². The molecule has 1 aromatic rings. The average molecular weight is 395 g/mol. The van der Waals surface area contributed by atoms with Crippen molar-refractivity contribution in [2.75, 3.05) is 52.9 Å². The molecule has 27 heavy (non-hydrogen) atoms. The molecule has 0 aliphatic carbocycles. The number of hydrogen-bond donors (Lipinski definition) is 1. The SMILES string of the molecule is CCCCNC(=O)CN1CCN(C(=O)CN(C)Cc2ccc(Cl)cc2)CC1. The van der Waals surface area contributed by atoms with Crippen LogP contribution in [-0.4, -0.2) is 79.4 Å². The zero-order valence-corrected chi connectivity index (χ0v) is 17.2. The maximum Gasteiger partial charge on any atom is 0.236 e. The Labute approximate surface area is 167 Å². The summed E-state index contributed by atoms with van der Waals surface area (Å²) >= 11 is 5.91. The minimum Gasteiger partial charge on any atom is -0.355 e. The number of carbonyl (C=O) groups is 2. The predicted molar refractivity (Wildman–Crippen MR) is 109 cm³/mol. The van der Waals surface area contributed by atoms with Gasteiger partial charge in [0.15, 0.2) is 0 Å². The van der Waals surface area contributed by atoms with Gasteiger partial charge in [-0.3, -0.25) is 19.4 Å². The van der Waals surface area contributed by atoms with Gasteiger partial charge in [-0.1, -0.05) is 37.1 Å². The quantitative estimate of drug-likeness (QED) is 0.649. The molecule has 0 radical (unpaired) electrons. The van der Waals surface area contributed by atoms with E-state index < -0.39 is 0 Å². The van der Waals surface area contributed by atoms with E-state index in [0.29, 0.717) is 32.7 Å². The van der Waals surface area contributed by atoms with E-state index >= 15 is 0 Å². The van der Waals surface area contributed by atoms with Crippen molar-refractivity contribution in [3.8, 4) is 0 Å². The summed E-state index contributed by atoms with van der Waals surface area (Å²) in [7, 11) is 1.95. The molecule has 7 heteroatoms. The normalized spacial score (nSPS) is 15.2. The van der Waals surface area contributed by atoms with Crippen molar-refractivity contribution in [2.24, 2.45) is 0 Å². The highest BCUT2D eigenvalue weighted by atomic mass is 35.5. The molecule has 1 N–H and O–H groups in total. The lowest BCUT2D eigenvalue weighted by atomic mass is 10.2. The zero-order valence-electron chi connectivity index (χ0n) is 16.4. The summed E-state index contributed by atoms with van der Waals surface area (Å²) in [6.45, 7) is 7.21. The molecule has 1 aliphatic rings. The summed E-state index contributed by atoms with van der Waals surface area (Å²) in [5.41, 5.74) is 1.13. The van der Waals surface area contributed by atoms with Crippen LogP contribution in [0.25, 0.3) is 0 Å². The van der Waals surface area contributed by atoms with Crippen LogP contribution in [0.15, 0.2) is 24.3 Å². The van der Waals surface area contributed by atoms with Gasteiger partial charge in [0.05, 0.1) is 13.1 Å². The molecule has 0 saturated carbocycles. The minimum absolute atomic E-state index is 0.0749. The highest BCUT2D eigenvalue weighted by Gasteiger charge is 2.23. The number of carbonyl (C=O) groups excluding carboxylic acids is 2. The fourth-order valence-corrected chi connectivity index (χ4v) is 3.23. The van der Waals surface area contributed by atoms with E-state index in [9.17, 15) is 9.59 Å². The van der Waals surface area contributed by atoms with Gasteiger partial charge in [0.25, 0.3) is 0 Å². The Morgan fingerprint density at radius 3 is 2.44 bits per heavy atom. The zero-order chi connectivity index (χ0) is 19.6. The third-order valence-corrected chi connectivity index (χ3v) is 4.97. The van der Waals surface area contributed by atoms with E-state index in [2.05, 4.69) is 17.1 Å². The molecule has 0 bridgehead atoms. The van der Waals surface area contributed by atoms with Crippen LogP contribution in [0.2, 0.25) is 5.02 Å². The van der Waals surface area contributed by atoms with Gasteiger partial charge < -0.3 is 10.2 Å². The van der Waals surface area contributed by atoms with Crippen molar-refractivity contribution in [3.63, 3.8) is 0 Å². The maximum absolute atomic E-state index is 12.5. The van der Waals surface area contributed by atoms with Crippen LogP contribution in [0.4, 0.5) is 0 Å². The molecule has 1 saturated heterocycles. The number of nitrogens with one attached hydrogen (secondary N) is 1. The summed E-state index contributed by atoms with van der Waals surface area (Å²) in [5.74, 6) is 0.212. The topological polar surface area (TPSA) is 55.9 Å². The second kappa shape index (κ2) is 11.3. The van der Waals surface area contributed by atoms with E-state index in [0.717, 1.165) is 43.1 Å². The molecule has 2 rings (SSSR count). The van der Waals surface area contributed by atoms with Crippen LogP contribution in [0, 0.1) is 0 Å². The highest BCUT2D eigenvalue weighted by Crippen LogP contribution is 2.11. The third-order valence-electron chi connectivity index (χ3n) is 4.72. The number of benzene rings is 1. The van der Waals surface area contributed by atoms with Crippen molar-refractivity contribution in [1.82, 2.24) is 20.0 Å². The first-order valence-electron chi connectivity index (χ1n) is 9.67. The van der Waals surface area contributed by atoms with Gasteiger partial charge in [0, 0.05) is 44.3 Å². The highest BCUT2D eigenvalue weighted by molar-refractivity contribution is 6.30. The number of nitrogens with zero attached hydrogens (tertiary/aromatic N) is 3. The summed E-state index contributed by atoms with van der Waals surface area (Å²) in [5, 5.41) is 3.66. The molecule has 1 aliphatic heterocycles. The van der Waals surface area contributed by atoms with Crippen LogP contribution < -0.4 is 5.32 Å². The lowest BCUT2D eigenvalue weighted by molar-refractivity contribution is -0.134. The van der Waals surface area contributed by atoms with Gasteiger partial charge in [-0.15, -0.1) is 0 Å². The number of rotatable bonds is 9. The Kier molecular flexibility index (Phi) is 9.04. The summed E-state index contributed by atoms with van der Waals surface area (Å²) in [6, 6.07) is 7.69. The van der Waals surface area contributed by atoms with E-state index in [1.165, 1.54) is 0 Å². The van der Waals surface area contributed by atoms with E-state index in [-0.39, 0.29) is 11.8 Å². The van der Waals surface area contributed by atoms with Crippen LogP contribution in [-0.2, 0) is 16.1 Å². The fraction of sp³-hybridized carbons (Fsp3) is 0.600. The first-order chi connectivity index (χ1) is 13.0. The van der Waals surface area contributed by atoms with E-state index in [4.69, 9.17) is 11.6 Å². The third kappa shape index (κ3) is 7.87. The van der Waals surface area contributed by atoms with E-state index in [1.807, 2.05) is 41.1 Å². The summed E-state index contributed by atoms with van der Waals surface area (Å²) in [6.07, 6.45) is 2.09. The summed E-state index contributed by atoms with van der Waals surface area (Å²) < 4.78 is 0. The molecule has 1 aromatic carbocycles. The number of amides is 2. The van der Waals surface area contributed by atoms with Gasteiger partial charge in [-0.25, -0.2) is 0 Å². The smallest absolute Gasteiger partial charge is 0.236 e. The van der Waals surface area contributed by atoms with Crippen molar-refractivity contribution < 1.29 is 9.59 Å². The molecule has 150 valence electrons. The number of halogens is 1. The van der Waals surface area contributed by atoms with Gasteiger partial charge in [-0.05, 0) is 31.2 Å².